The molecular formula is C15H30BrNO. The van der Waals surface area contributed by atoms with Crippen molar-refractivity contribution < 1.29 is 4.74 Å². The molecule has 0 amide bonds. The molecule has 0 N–H and O–H groups in total. The summed E-state index contributed by atoms with van der Waals surface area (Å²) in [5, 5.41) is 1.17. The second-order valence-electron chi connectivity index (χ2n) is 5.37. The van der Waals surface area contributed by atoms with Gasteiger partial charge in [-0.2, -0.15) is 0 Å². The van der Waals surface area contributed by atoms with Gasteiger partial charge in [0.15, 0.2) is 0 Å². The number of alkyl halides is 1. The monoisotopic (exact) mass is 319 g/mol. The smallest absolute Gasteiger partial charge is 0.0700 e. The molecule has 1 saturated heterocycles. The largest absolute Gasteiger partial charge is 0.376 e. The number of hydrogen-bond acceptors (Lipinski definition) is 2. The van der Waals surface area contributed by atoms with Gasteiger partial charge in [0.25, 0.3) is 0 Å². The fourth-order valence-electron chi connectivity index (χ4n) is 2.54. The maximum Gasteiger partial charge on any atom is 0.0700 e. The Morgan fingerprint density at radius 2 is 1.72 bits per heavy atom. The van der Waals surface area contributed by atoms with E-state index in [-0.39, 0.29) is 0 Å². The summed E-state index contributed by atoms with van der Waals surface area (Å²) in [7, 11) is 0. The second kappa shape index (κ2) is 11.2. The summed E-state index contributed by atoms with van der Waals surface area (Å²) in [6.45, 7) is 6.73. The Balaban J connectivity index is 1.88. The van der Waals surface area contributed by atoms with Crippen LogP contribution in [0, 0.1) is 0 Å². The van der Waals surface area contributed by atoms with Gasteiger partial charge in [-0.05, 0) is 25.8 Å². The van der Waals surface area contributed by atoms with Gasteiger partial charge in [-0.1, -0.05) is 55.0 Å². The van der Waals surface area contributed by atoms with Crippen molar-refractivity contribution in [1.82, 2.24) is 4.90 Å². The lowest BCUT2D eigenvalue weighted by molar-refractivity contribution is -0.0299. The van der Waals surface area contributed by atoms with Gasteiger partial charge in [-0.15, -0.1) is 0 Å². The summed E-state index contributed by atoms with van der Waals surface area (Å²) in [4.78, 5) is 2.59. The average molecular weight is 320 g/mol. The van der Waals surface area contributed by atoms with Crippen molar-refractivity contribution >= 4 is 15.9 Å². The number of morpholine rings is 1. The van der Waals surface area contributed by atoms with Gasteiger partial charge < -0.3 is 4.74 Å². The molecular weight excluding hydrogens is 290 g/mol. The lowest BCUT2D eigenvalue weighted by Crippen LogP contribution is -2.42. The van der Waals surface area contributed by atoms with Crippen LogP contribution in [0.1, 0.15) is 58.3 Å². The molecule has 2 nitrogen and oxygen atoms in total. The molecule has 0 aromatic rings. The summed E-state index contributed by atoms with van der Waals surface area (Å²) in [5.41, 5.74) is 0. The highest BCUT2D eigenvalue weighted by atomic mass is 79.9. The molecule has 0 bridgehead atoms. The zero-order valence-corrected chi connectivity index (χ0v) is 13.6. The van der Waals surface area contributed by atoms with Gasteiger partial charge >= 0.3 is 0 Å². The maximum absolute atomic E-state index is 5.69. The number of hydrogen-bond donors (Lipinski definition) is 0. The Labute approximate surface area is 122 Å². The Bertz CT molecular complexity index is 189. The van der Waals surface area contributed by atoms with Gasteiger partial charge in [0.1, 0.15) is 0 Å². The van der Waals surface area contributed by atoms with Crippen LogP contribution in [0.5, 0.6) is 0 Å². The second-order valence-corrected chi connectivity index (χ2v) is 6.16. The normalized spacial score (nSPS) is 21.3. The Kier molecular flexibility index (Phi) is 10.3. The van der Waals surface area contributed by atoms with Gasteiger partial charge in [0.2, 0.25) is 0 Å². The predicted octanol–water partition coefficient (Wildman–Crippen LogP) is 4.22. The lowest BCUT2D eigenvalue weighted by atomic mass is 10.1. The number of rotatable bonds is 10. The Hall–Kier alpha value is 0.400. The van der Waals surface area contributed by atoms with Crippen LogP contribution in [0.4, 0.5) is 0 Å². The fraction of sp³-hybridized carbons (Fsp3) is 1.00. The topological polar surface area (TPSA) is 12.5 Å². The number of ether oxygens (including phenoxy) is 1. The minimum absolute atomic E-state index is 0.489. The molecule has 3 heteroatoms. The van der Waals surface area contributed by atoms with Crippen molar-refractivity contribution in [2.45, 2.75) is 64.4 Å². The molecule has 108 valence electrons. The van der Waals surface area contributed by atoms with Gasteiger partial charge in [-0.25, -0.2) is 0 Å². The van der Waals surface area contributed by atoms with Crippen molar-refractivity contribution in [3.63, 3.8) is 0 Å². The minimum Gasteiger partial charge on any atom is -0.376 e. The molecule has 1 atom stereocenters. The lowest BCUT2D eigenvalue weighted by Gasteiger charge is -2.32. The van der Waals surface area contributed by atoms with Gasteiger partial charge in [0.05, 0.1) is 12.7 Å². The molecule has 0 saturated carbocycles. The van der Waals surface area contributed by atoms with E-state index in [1.54, 1.807) is 0 Å². The molecule has 0 spiro atoms. The van der Waals surface area contributed by atoms with E-state index in [2.05, 4.69) is 27.8 Å². The maximum atomic E-state index is 5.69. The first kappa shape index (κ1) is 16.5. The zero-order valence-electron chi connectivity index (χ0n) is 12.0. The predicted molar refractivity (Wildman–Crippen MR) is 82.6 cm³/mol. The van der Waals surface area contributed by atoms with E-state index in [1.165, 1.54) is 56.8 Å². The molecule has 1 unspecified atom stereocenters. The third-order valence-corrected chi connectivity index (χ3v) is 4.35. The number of halogens is 1. The molecule has 0 aliphatic carbocycles. The summed E-state index contributed by atoms with van der Waals surface area (Å²) in [6.07, 6.45) is 11.4. The quantitative estimate of drug-likeness (QED) is 0.441. The summed E-state index contributed by atoms with van der Waals surface area (Å²) in [5.74, 6) is 0. The van der Waals surface area contributed by atoms with Crippen molar-refractivity contribution in [2.24, 2.45) is 0 Å². The molecule has 0 aromatic carbocycles. The van der Waals surface area contributed by atoms with E-state index in [0.29, 0.717) is 6.10 Å². The van der Waals surface area contributed by atoms with E-state index in [4.69, 9.17) is 4.74 Å². The Morgan fingerprint density at radius 1 is 1.06 bits per heavy atom. The van der Waals surface area contributed by atoms with E-state index in [9.17, 15) is 0 Å². The van der Waals surface area contributed by atoms with E-state index in [0.717, 1.165) is 26.1 Å². The average Bonchev–Trinajstić information content (AvgIpc) is 2.42. The van der Waals surface area contributed by atoms with Crippen LogP contribution in [0.25, 0.3) is 0 Å². The minimum atomic E-state index is 0.489. The van der Waals surface area contributed by atoms with Crippen LogP contribution in [0.3, 0.4) is 0 Å². The van der Waals surface area contributed by atoms with Crippen molar-refractivity contribution in [3.05, 3.63) is 0 Å². The van der Waals surface area contributed by atoms with Crippen LogP contribution in [-0.4, -0.2) is 42.6 Å². The molecule has 0 aromatic heterocycles. The van der Waals surface area contributed by atoms with Gasteiger partial charge in [0, 0.05) is 18.4 Å². The summed E-state index contributed by atoms with van der Waals surface area (Å²) < 4.78 is 5.69. The van der Waals surface area contributed by atoms with Gasteiger partial charge in [-0.3, -0.25) is 4.90 Å². The molecule has 1 aliphatic rings. The van der Waals surface area contributed by atoms with Crippen LogP contribution >= 0.6 is 15.9 Å². The summed E-state index contributed by atoms with van der Waals surface area (Å²) in [6, 6.07) is 0. The first-order valence-electron chi connectivity index (χ1n) is 7.76. The first-order valence-corrected chi connectivity index (χ1v) is 8.89. The molecule has 0 radical (unpaired) electrons. The van der Waals surface area contributed by atoms with Crippen molar-refractivity contribution in [3.8, 4) is 0 Å². The fourth-order valence-corrected chi connectivity index (χ4v) is 2.94. The highest BCUT2D eigenvalue weighted by Gasteiger charge is 2.17. The zero-order chi connectivity index (χ0) is 13.1. The molecule has 18 heavy (non-hydrogen) atoms. The highest BCUT2D eigenvalue weighted by Crippen LogP contribution is 2.11. The first-order chi connectivity index (χ1) is 8.86. The van der Waals surface area contributed by atoms with Crippen LogP contribution in [0.15, 0.2) is 0 Å². The van der Waals surface area contributed by atoms with E-state index >= 15 is 0 Å². The van der Waals surface area contributed by atoms with Crippen LogP contribution < -0.4 is 0 Å². The van der Waals surface area contributed by atoms with Crippen molar-refractivity contribution in [1.29, 1.82) is 0 Å². The highest BCUT2D eigenvalue weighted by molar-refractivity contribution is 9.09. The number of unbranched alkanes of at least 4 members (excludes halogenated alkanes) is 6. The molecule has 1 heterocycles. The number of nitrogens with zero attached hydrogens (tertiary/aromatic N) is 1. The third kappa shape index (κ3) is 7.75. The SMILES string of the molecule is CCC1CN(CCCCCCCCCBr)CCO1. The van der Waals surface area contributed by atoms with Crippen molar-refractivity contribution in [2.75, 3.05) is 31.6 Å². The molecule has 1 rings (SSSR count). The van der Waals surface area contributed by atoms with Crippen LogP contribution in [0.2, 0.25) is 0 Å². The van der Waals surface area contributed by atoms with E-state index in [1.807, 2.05) is 0 Å². The molecule has 1 fully saturated rings. The van der Waals surface area contributed by atoms with E-state index < -0.39 is 0 Å². The van der Waals surface area contributed by atoms with Crippen LogP contribution in [-0.2, 0) is 4.74 Å². The Morgan fingerprint density at radius 3 is 2.39 bits per heavy atom. The third-order valence-electron chi connectivity index (χ3n) is 3.79. The standard InChI is InChI=1S/C15H30BrNO/c1-2-15-14-17(12-13-18-15)11-9-7-5-3-4-6-8-10-16/h15H,2-14H2,1H3. The molecule has 1 aliphatic heterocycles. The summed E-state index contributed by atoms with van der Waals surface area (Å²) >= 11 is 3.48.